The fourth-order valence-corrected chi connectivity index (χ4v) is 2.59. The van der Waals surface area contributed by atoms with Crippen molar-refractivity contribution in [1.29, 1.82) is 0 Å². The maximum absolute atomic E-state index is 6.29. The van der Waals surface area contributed by atoms with E-state index in [1.807, 2.05) is 19.2 Å². The van der Waals surface area contributed by atoms with Gasteiger partial charge in [-0.3, -0.25) is 0 Å². The minimum Gasteiger partial charge on any atom is -0.497 e. The van der Waals surface area contributed by atoms with Crippen LogP contribution in [0.1, 0.15) is 30.9 Å². The molecule has 1 atom stereocenters. The lowest BCUT2D eigenvalue weighted by Crippen LogP contribution is -2.29. The second kappa shape index (κ2) is 5.07. The Hall–Kier alpha value is -0.730. The molecule has 2 nitrogen and oxygen atoms in total. The summed E-state index contributed by atoms with van der Waals surface area (Å²) >= 11 is 6.29. The average molecular weight is 240 g/mol. The minimum absolute atomic E-state index is 0.382. The van der Waals surface area contributed by atoms with Crippen LogP contribution in [0.4, 0.5) is 0 Å². The zero-order chi connectivity index (χ0) is 11.5. The highest BCUT2D eigenvalue weighted by Crippen LogP contribution is 2.40. The molecule has 1 fully saturated rings. The van der Waals surface area contributed by atoms with Gasteiger partial charge < -0.3 is 10.1 Å². The molecule has 0 aliphatic heterocycles. The van der Waals surface area contributed by atoms with E-state index in [0.29, 0.717) is 6.04 Å². The standard InChI is InChI=1S/C13H18ClNO/c1-15-13(9-4-3-5-9)11-7-6-10(16-2)8-12(11)14/h6-9,13,15H,3-5H2,1-2H3. The second-order valence-corrected chi connectivity index (χ2v) is 4.75. The first-order valence-electron chi connectivity index (χ1n) is 5.77. The van der Waals surface area contributed by atoms with Crippen LogP contribution in [0.25, 0.3) is 0 Å². The second-order valence-electron chi connectivity index (χ2n) is 4.34. The maximum atomic E-state index is 6.29. The van der Waals surface area contributed by atoms with Crippen LogP contribution >= 0.6 is 11.6 Å². The topological polar surface area (TPSA) is 21.3 Å². The third kappa shape index (κ3) is 2.18. The van der Waals surface area contributed by atoms with Crippen LogP contribution in [0.3, 0.4) is 0 Å². The van der Waals surface area contributed by atoms with Gasteiger partial charge in [0.2, 0.25) is 0 Å². The van der Waals surface area contributed by atoms with Gasteiger partial charge in [-0.15, -0.1) is 0 Å². The van der Waals surface area contributed by atoms with Crippen molar-refractivity contribution in [3.63, 3.8) is 0 Å². The molecular weight excluding hydrogens is 222 g/mol. The SMILES string of the molecule is CNC(c1ccc(OC)cc1Cl)C1CCC1. The number of ether oxygens (including phenoxy) is 1. The van der Waals surface area contributed by atoms with Crippen molar-refractivity contribution in [2.45, 2.75) is 25.3 Å². The predicted octanol–water partition coefficient (Wildman–Crippen LogP) is 3.41. The van der Waals surface area contributed by atoms with E-state index in [2.05, 4.69) is 11.4 Å². The van der Waals surface area contributed by atoms with Gasteiger partial charge in [-0.1, -0.05) is 24.1 Å². The first-order valence-corrected chi connectivity index (χ1v) is 6.14. The summed E-state index contributed by atoms with van der Waals surface area (Å²) in [6.45, 7) is 0. The molecule has 0 radical (unpaired) electrons. The highest BCUT2D eigenvalue weighted by atomic mass is 35.5. The summed E-state index contributed by atoms with van der Waals surface area (Å²) in [6, 6.07) is 6.32. The number of hydrogen-bond donors (Lipinski definition) is 1. The lowest BCUT2D eigenvalue weighted by Gasteiger charge is -2.34. The van der Waals surface area contributed by atoms with Gasteiger partial charge in [-0.05, 0) is 43.5 Å². The molecule has 1 aliphatic carbocycles. The highest BCUT2D eigenvalue weighted by Gasteiger charge is 2.28. The zero-order valence-electron chi connectivity index (χ0n) is 9.79. The summed E-state index contributed by atoms with van der Waals surface area (Å²) in [5, 5.41) is 4.17. The van der Waals surface area contributed by atoms with Crippen LogP contribution in [-0.2, 0) is 0 Å². The number of halogens is 1. The molecule has 0 aromatic heterocycles. The maximum Gasteiger partial charge on any atom is 0.120 e. The first-order chi connectivity index (χ1) is 7.76. The quantitative estimate of drug-likeness (QED) is 0.870. The zero-order valence-corrected chi connectivity index (χ0v) is 10.6. The van der Waals surface area contributed by atoms with Crippen LogP contribution in [0.5, 0.6) is 5.75 Å². The molecule has 0 heterocycles. The number of benzene rings is 1. The molecule has 0 bridgehead atoms. The molecule has 1 aromatic carbocycles. The third-order valence-electron chi connectivity index (χ3n) is 3.47. The van der Waals surface area contributed by atoms with Gasteiger partial charge in [-0.2, -0.15) is 0 Å². The summed E-state index contributed by atoms with van der Waals surface area (Å²) < 4.78 is 5.16. The van der Waals surface area contributed by atoms with E-state index in [0.717, 1.165) is 16.7 Å². The van der Waals surface area contributed by atoms with Crippen LogP contribution < -0.4 is 10.1 Å². The molecule has 1 unspecified atom stereocenters. The van der Waals surface area contributed by atoms with Gasteiger partial charge in [0.1, 0.15) is 5.75 Å². The summed E-state index contributed by atoms with van der Waals surface area (Å²) in [7, 11) is 3.66. The summed E-state index contributed by atoms with van der Waals surface area (Å²) in [4.78, 5) is 0. The van der Waals surface area contributed by atoms with E-state index < -0.39 is 0 Å². The van der Waals surface area contributed by atoms with E-state index in [9.17, 15) is 0 Å². The van der Waals surface area contributed by atoms with Crippen molar-refractivity contribution in [2.75, 3.05) is 14.2 Å². The number of hydrogen-bond acceptors (Lipinski definition) is 2. The fourth-order valence-electron chi connectivity index (χ4n) is 2.31. The molecule has 0 saturated heterocycles. The molecule has 1 aliphatic rings. The van der Waals surface area contributed by atoms with Crippen LogP contribution in [0, 0.1) is 5.92 Å². The van der Waals surface area contributed by atoms with E-state index in [1.165, 1.54) is 24.8 Å². The largest absolute Gasteiger partial charge is 0.497 e. The molecule has 88 valence electrons. The first kappa shape index (κ1) is 11.7. The lowest BCUT2D eigenvalue weighted by molar-refractivity contribution is 0.239. The van der Waals surface area contributed by atoms with Gasteiger partial charge in [0.05, 0.1) is 7.11 Å². The molecule has 3 heteroatoms. The van der Waals surface area contributed by atoms with Crippen molar-refractivity contribution in [2.24, 2.45) is 5.92 Å². The van der Waals surface area contributed by atoms with Crippen molar-refractivity contribution in [1.82, 2.24) is 5.32 Å². The van der Waals surface area contributed by atoms with Crippen molar-refractivity contribution < 1.29 is 4.74 Å². The van der Waals surface area contributed by atoms with E-state index in [-0.39, 0.29) is 0 Å². The number of methoxy groups -OCH3 is 1. The molecular formula is C13H18ClNO. The van der Waals surface area contributed by atoms with Crippen molar-refractivity contribution in [3.8, 4) is 5.75 Å². The van der Waals surface area contributed by atoms with Crippen LogP contribution in [0.15, 0.2) is 18.2 Å². The Morgan fingerprint density at radius 1 is 1.44 bits per heavy atom. The molecule has 1 aromatic rings. The minimum atomic E-state index is 0.382. The average Bonchev–Trinajstić information content (AvgIpc) is 2.23. The summed E-state index contributed by atoms with van der Waals surface area (Å²) in [5.74, 6) is 1.55. The van der Waals surface area contributed by atoms with Gasteiger partial charge in [0, 0.05) is 11.1 Å². The van der Waals surface area contributed by atoms with Gasteiger partial charge in [-0.25, -0.2) is 0 Å². The molecule has 2 rings (SSSR count). The van der Waals surface area contributed by atoms with Crippen molar-refractivity contribution >= 4 is 11.6 Å². The summed E-state index contributed by atoms with van der Waals surface area (Å²) in [5.41, 5.74) is 1.19. The summed E-state index contributed by atoms with van der Waals surface area (Å²) in [6.07, 6.45) is 3.94. The van der Waals surface area contributed by atoms with Gasteiger partial charge in [0.15, 0.2) is 0 Å². The van der Waals surface area contributed by atoms with Gasteiger partial charge >= 0.3 is 0 Å². The highest BCUT2D eigenvalue weighted by molar-refractivity contribution is 6.31. The Kier molecular flexibility index (Phi) is 3.72. The van der Waals surface area contributed by atoms with Crippen molar-refractivity contribution in [3.05, 3.63) is 28.8 Å². The van der Waals surface area contributed by atoms with Gasteiger partial charge in [0.25, 0.3) is 0 Å². The predicted molar refractivity (Wildman–Crippen MR) is 67.1 cm³/mol. The fraction of sp³-hybridized carbons (Fsp3) is 0.538. The smallest absolute Gasteiger partial charge is 0.120 e. The normalized spacial score (nSPS) is 17.9. The molecule has 0 spiro atoms. The van der Waals surface area contributed by atoms with E-state index >= 15 is 0 Å². The monoisotopic (exact) mass is 239 g/mol. The molecule has 0 amide bonds. The van der Waals surface area contributed by atoms with E-state index in [4.69, 9.17) is 16.3 Å². The molecule has 16 heavy (non-hydrogen) atoms. The lowest BCUT2D eigenvalue weighted by atomic mass is 9.77. The molecule has 1 saturated carbocycles. The number of rotatable bonds is 4. The Morgan fingerprint density at radius 3 is 2.62 bits per heavy atom. The Labute approximate surface area is 102 Å². The van der Waals surface area contributed by atoms with Crippen LogP contribution in [-0.4, -0.2) is 14.2 Å². The van der Waals surface area contributed by atoms with Crippen LogP contribution in [0.2, 0.25) is 5.02 Å². The number of nitrogens with one attached hydrogen (secondary N) is 1. The Morgan fingerprint density at radius 2 is 2.19 bits per heavy atom. The molecule has 1 N–H and O–H groups in total. The Bertz CT molecular complexity index is 363. The third-order valence-corrected chi connectivity index (χ3v) is 3.80. The Balaban J connectivity index is 2.23. The van der Waals surface area contributed by atoms with E-state index in [1.54, 1.807) is 7.11 Å².